The number of methoxy groups -OCH3 is 1. The maximum Gasteiger partial charge on any atom is 0.243 e. The molecular formula is C57H80ClN10O5PS. The number of β-amino-alcohol motifs (C(OH)–C–C–N with tert-alkyl or cyclic N) is 1. The lowest BCUT2D eigenvalue weighted by molar-refractivity contribution is -0.142. The van der Waals surface area contributed by atoms with E-state index < -0.39 is 25.3 Å². The lowest BCUT2D eigenvalue weighted by atomic mass is 9.85. The molecule has 3 atom stereocenters. The van der Waals surface area contributed by atoms with Crippen LogP contribution in [0.5, 0.6) is 5.75 Å². The number of para-hydroxylation sites is 1. The van der Waals surface area contributed by atoms with E-state index in [0.29, 0.717) is 40.8 Å². The molecule has 406 valence electrons. The van der Waals surface area contributed by atoms with Crippen molar-refractivity contribution in [3.8, 4) is 16.2 Å². The van der Waals surface area contributed by atoms with E-state index in [1.165, 1.54) is 51.1 Å². The first-order chi connectivity index (χ1) is 36.0. The molecule has 0 radical (unpaired) electrons. The molecular weight excluding hydrogens is 1000 g/mol. The van der Waals surface area contributed by atoms with Crippen molar-refractivity contribution in [1.82, 2.24) is 35.8 Å². The minimum absolute atomic E-state index is 0.123. The molecule has 0 unspecified atom stereocenters. The molecule has 2 aliphatic heterocycles. The number of hydrogen-bond donors (Lipinski definition) is 6. The summed E-state index contributed by atoms with van der Waals surface area (Å²) in [6.45, 7) is 15.9. The monoisotopic (exact) mass is 1080 g/mol. The van der Waals surface area contributed by atoms with Crippen LogP contribution in [0.25, 0.3) is 10.4 Å². The molecule has 2 aromatic heterocycles. The molecule has 0 spiro atoms. The maximum absolute atomic E-state index is 14.1. The van der Waals surface area contributed by atoms with Crippen molar-refractivity contribution in [1.29, 1.82) is 0 Å². The lowest BCUT2D eigenvalue weighted by Crippen LogP contribution is -2.56. The van der Waals surface area contributed by atoms with Crippen LogP contribution >= 0.6 is 30.1 Å². The molecule has 2 aliphatic rings. The Hall–Kier alpha value is -5.09. The zero-order valence-electron chi connectivity index (χ0n) is 45.1. The summed E-state index contributed by atoms with van der Waals surface area (Å²) in [5, 5.41) is 28.6. The number of benzene rings is 3. The van der Waals surface area contributed by atoms with Crippen molar-refractivity contribution < 1.29 is 24.0 Å². The number of aryl methyl sites for hydroxylation is 1. The third kappa shape index (κ3) is 16.5. The van der Waals surface area contributed by atoms with Gasteiger partial charge < -0.3 is 50.8 Å². The molecule has 0 saturated carbocycles. The largest absolute Gasteiger partial charge is 0.494 e. The number of hydrogen-bond acceptors (Lipinski definition) is 14. The summed E-state index contributed by atoms with van der Waals surface area (Å²) in [6, 6.07) is 21.1. The SMILES string of the molecule is COc1cc(N2CCC(NCCCCCCCCCCCN[C@H](C(=O)N3C[C@H](O)C[C@H]3C(=O)NCc3ccc(-c4scnc4C)cc3)C(C)(C)C)CC2)ccc1Nc1ncc(Cl)c(Nc2ccccc2P(C)(C)=O)n1. The Balaban J connectivity index is 0.735. The molecule has 5 aromatic rings. The number of likely N-dealkylation sites (tertiary alicyclic amines) is 1. The third-order valence-corrected chi connectivity index (χ3v) is 17.1. The van der Waals surface area contributed by atoms with Gasteiger partial charge in [-0.25, -0.2) is 9.97 Å². The van der Waals surface area contributed by atoms with Gasteiger partial charge in [0.2, 0.25) is 17.8 Å². The molecule has 0 aliphatic carbocycles. The number of aliphatic hydroxyl groups is 1. The number of halogens is 1. The van der Waals surface area contributed by atoms with Gasteiger partial charge in [-0.1, -0.05) is 114 Å². The van der Waals surface area contributed by atoms with Crippen LogP contribution in [-0.4, -0.2) is 114 Å². The van der Waals surface area contributed by atoms with Gasteiger partial charge in [-0.05, 0) is 99.8 Å². The van der Waals surface area contributed by atoms with Crippen LogP contribution in [0.3, 0.4) is 0 Å². The Kier molecular flexibility index (Phi) is 21.0. The number of nitrogens with one attached hydrogen (secondary N) is 5. The number of piperidine rings is 1. The van der Waals surface area contributed by atoms with Crippen LogP contribution in [0.15, 0.2) is 78.4 Å². The quantitative estimate of drug-likeness (QED) is 0.0227. The van der Waals surface area contributed by atoms with Gasteiger partial charge in [0, 0.05) is 55.7 Å². The molecule has 75 heavy (non-hydrogen) atoms. The fourth-order valence-corrected chi connectivity index (χ4v) is 12.2. The third-order valence-electron chi connectivity index (χ3n) is 14.3. The van der Waals surface area contributed by atoms with E-state index in [1.807, 2.05) is 67.0 Å². The van der Waals surface area contributed by atoms with E-state index in [2.05, 4.69) is 79.3 Å². The molecule has 6 N–H and O–H groups in total. The highest BCUT2D eigenvalue weighted by Gasteiger charge is 2.43. The number of carbonyl (C=O) groups is 2. The average Bonchev–Trinajstić information content (AvgIpc) is 4.01. The van der Waals surface area contributed by atoms with Gasteiger partial charge in [0.05, 0.1) is 52.9 Å². The fourth-order valence-electron chi connectivity index (χ4n) is 10.1. The van der Waals surface area contributed by atoms with Gasteiger partial charge in [-0.15, -0.1) is 11.3 Å². The van der Waals surface area contributed by atoms with E-state index in [1.54, 1.807) is 36.7 Å². The minimum Gasteiger partial charge on any atom is -0.494 e. The normalized spacial score (nSPS) is 16.8. The predicted molar refractivity (Wildman–Crippen MR) is 308 cm³/mol. The van der Waals surface area contributed by atoms with Crippen LogP contribution in [0.4, 0.5) is 28.8 Å². The number of aliphatic hydroxyl groups excluding tert-OH is 1. The Morgan fingerprint density at radius 2 is 1.57 bits per heavy atom. The number of carbonyl (C=O) groups excluding carboxylic acids is 2. The van der Waals surface area contributed by atoms with Gasteiger partial charge >= 0.3 is 0 Å². The topological polar surface area (TPSA) is 186 Å². The van der Waals surface area contributed by atoms with E-state index >= 15 is 0 Å². The van der Waals surface area contributed by atoms with Crippen LogP contribution in [-0.2, 0) is 20.7 Å². The second kappa shape index (κ2) is 27.3. The van der Waals surface area contributed by atoms with E-state index in [4.69, 9.17) is 16.3 Å². The summed E-state index contributed by atoms with van der Waals surface area (Å²) < 4.78 is 18.7. The summed E-state index contributed by atoms with van der Waals surface area (Å²) in [4.78, 5) is 46.1. The first kappa shape index (κ1) is 57.6. The number of nitrogens with zero attached hydrogens (tertiary/aromatic N) is 5. The van der Waals surface area contributed by atoms with Crippen LogP contribution in [0.2, 0.25) is 5.02 Å². The van der Waals surface area contributed by atoms with Gasteiger partial charge in [-0.2, -0.15) is 4.98 Å². The standard InChI is InChI=1S/C57H80ClN10O5PS/c1-39-51(75-38-63-39)41-23-21-40(22-24-41)35-61-54(70)48-34-44(69)37-68(48)55(71)52(57(2,3)4)60-30-18-14-12-10-8-9-11-13-17-29-59-42-27-31-67(32-28-42)43-25-26-46(49(33-43)73-5)65-56-62-36-45(58)53(66-56)64-47-19-15-16-20-50(47)74(6,7)72/h15-16,19-26,33,36,38,42,44,48,52,59-60,69H,8-14,17-18,27-32,34-35,37H2,1-7H3,(H,61,70)(H2,62,64,65,66)/t44-,48+,52-/m1/s1. The minimum atomic E-state index is -2.54. The van der Waals surface area contributed by atoms with Crippen LogP contribution in [0.1, 0.15) is 109 Å². The molecule has 15 nitrogen and oxygen atoms in total. The summed E-state index contributed by atoms with van der Waals surface area (Å²) >= 11 is 8.10. The summed E-state index contributed by atoms with van der Waals surface area (Å²) in [6.07, 6.45) is 13.9. The maximum atomic E-state index is 14.1. The molecule has 7 rings (SSSR count). The predicted octanol–water partition coefficient (Wildman–Crippen LogP) is 10.7. The lowest BCUT2D eigenvalue weighted by Gasteiger charge is -2.35. The van der Waals surface area contributed by atoms with Gasteiger partial charge in [0.25, 0.3) is 0 Å². The highest BCUT2D eigenvalue weighted by molar-refractivity contribution is 7.70. The van der Waals surface area contributed by atoms with Crippen molar-refractivity contribution in [2.24, 2.45) is 5.41 Å². The van der Waals surface area contributed by atoms with E-state index in [0.717, 1.165) is 90.2 Å². The molecule has 2 fully saturated rings. The molecule has 3 aromatic carbocycles. The molecule has 2 amide bonds. The number of anilines is 5. The van der Waals surface area contributed by atoms with Crippen molar-refractivity contribution in [2.75, 3.05) is 68.7 Å². The zero-order valence-corrected chi connectivity index (χ0v) is 47.6. The second-order valence-electron chi connectivity index (χ2n) is 21.6. The fraction of sp³-hybridized carbons (Fsp3) is 0.526. The van der Waals surface area contributed by atoms with Crippen molar-refractivity contribution in [3.63, 3.8) is 0 Å². The Morgan fingerprint density at radius 3 is 2.23 bits per heavy atom. The van der Waals surface area contributed by atoms with Crippen LogP contribution < -0.4 is 41.5 Å². The molecule has 4 heterocycles. The number of rotatable bonds is 26. The van der Waals surface area contributed by atoms with Crippen molar-refractivity contribution in [3.05, 3.63) is 94.7 Å². The summed E-state index contributed by atoms with van der Waals surface area (Å²) in [7, 11) is -0.883. The number of unbranched alkanes of at least 4 members (excludes halogenated alkanes) is 8. The van der Waals surface area contributed by atoms with Crippen LogP contribution in [0, 0.1) is 12.3 Å². The first-order valence-corrected chi connectivity index (χ1v) is 30.7. The van der Waals surface area contributed by atoms with Gasteiger partial charge in [0.1, 0.15) is 24.0 Å². The highest BCUT2D eigenvalue weighted by atomic mass is 35.5. The molecule has 18 heteroatoms. The Bertz CT molecular complexity index is 2690. The number of ether oxygens (including phenoxy) is 1. The van der Waals surface area contributed by atoms with Gasteiger partial charge in [0.15, 0.2) is 5.82 Å². The van der Waals surface area contributed by atoms with E-state index in [-0.39, 0.29) is 30.2 Å². The Labute approximate surface area is 454 Å². The Morgan fingerprint density at radius 1 is 0.893 bits per heavy atom. The second-order valence-corrected chi connectivity index (χ2v) is 26.1. The number of amides is 2. The van der Waals surface area contributed by atoms with Crippen molar-refractivity contribution in [2.45, 2.75) is 136 Å². The van der Waals surface area contributed by atoms with E-state index in [9.17, 15) is 19.3 Å². The molecule has 2 saturated heterocycles. The smallest absolute Gasteiger partial charge is 0.243 e. The first-order valence-electron chi connectivity index (χ1n) is 26.8. The zero-order chi connectivity index (χ0) is 53.5. The summed E-state index contributed by atoms with van der Waals surface area (Å²) in [5.41, 5.74) is 7.09. The number of thiazole rings is 1. The highest BCUT2D eigenvalue weighted by Crippen LogP contribution is 2.39. The van der Waals surface area contributed by atoms with Crippen molar-refractivity contribution >= 4 is 76.0 Å². The average molecular weight is 1080 g/mol. The summed E-state index contributed by atoms with van der Waals surface area (Å²) in [5.74, 6) is 1.09. The molecule has 0 bridgehead atoms. The van der Waals surface area contributed by atoms with Gasteiger partial charge in [-0.3, -0.25) is 9.59 Å². The number of aromatic nitrogens is 3.